The Bertz CT molecular complexity index is 284. The highest BCUT2D eigenvalue weighted by atomic mass is 16.3. The molecule has 0 aromatic heterocycles. The van der Waals surface area contributed by atoms with E-state index in [1.54, 1.807) is 19.1 Å². The molecular weight excluding hydrogens is 166 g/mol. The first kappa shape index (κ1) is 9.74. The van der Waals surface area contributed by atoms with Crippen molar-refractivity contribution in [1.29, 1.82) is 0 Å². The third-order valence-electron chi connectivity index (χ3n) is 2.06. The van der Waals surface area contributed by atoms with Gasteiger partial charge in [-0.25, -0.2) is 0 Å². The van der Waals surface area contributed by atoms with Crippen molar-refractivity contribution in [3.05, 3.63) is 35.9 Å². The predicted octanol–water partition coefficient (Wildman–Crippen LogP) is 0.841. The maximum atomic E-state index is 10.8. The minimum atomic E-state index is -0.807. The van der Waals surface area contributed by atoms with Crippen molar-refractivity contribution in [3.63, 3.8) is 0 Å². The van der Waals surface area contributed by atoms with Crippen molar-refractivity contribution in [2.75, 3.05) is 0 Å². The Hall–Kier alpha value is -1.35. The topological polar surface area (TPSA) is 63.3 Å². The Balaban J connectivity index is 2.79. The Labute approximate surface area is 77.2 Å². The highest BCUT2D eigenvalue weighted by Gasteiger charge is 2.20. The van der Waals surface area contributed by atoms with Crippen LogP contribution in [0.5, 0.6) is 0 Å². The lowest BCUT2D eigenvalue weighted by Gasteiger charge is -2.15. The van der Waals surface area contributed by atoms with Crippen LogP contribution in [0.15, 0.2) is 30.3 Å². The van der Waals surface area contributed by atoms with Crippen LogP contribution in [0.3, 0.4) is 0 Å². The zero-order valence-corrected chi connectivity index (χ0v) is 7.47. The quantitative estimate of drug-likeness (QED) is 0.722. The number of hydrogen-bond acceptors (Lipinski definition) is 2. The Morgan fingerprint density at radius 2 is 1.92 bits per heavy atom. The van der Waals surface area contributed by atoms with Crippen molar-refractivity contribution in [3.8, 4) is 0 Å². The number of carbonyl (C=O) groups is 1. The average Bonchev–Trinajstić information content (AvgIpc) is 2.17. The summed E-state index contributed by atoms with van der Waals surface area (Å²) in [6.07, 6.45) is -0.807. The molecule has 2 atom stereocenters. The van der Waals surface area contributed by atoms with Gasteiger partial charge in [0.2, 0.25) is 5.91 Å². The second-order valence-corrected chi connectivity index (χ2v) is 3.05. The largest absolute Gasteiger partial charge is 0.388 e. The standard InChI is InChI=1S/C10H13NO2/c1-7(10(11)13)9(12)8-5-3-2-4-6-8/h2-7,9,12H,1H3,(H2,11,13)/t7-,9+/m1/s1. The lowest BCUT2D eigenvalue weighted by atomic mass is 9.97. The van der Waals surface area contributed by atoms with E-state index in [0.29, 0.717) is 5.56 Å². The molecule has 70 valence electrons. The Kier molecular flexibility index (Phi) is 3.03. The molecule has 0 aliphatic carbocycles. The number of nitrogens with two attached hydrogens (primary N) is 1. The summed E-state index contributed by atoms with van der Waals surface area (Å²) in [6.45, 7) is 1.61. The third-order valence-corrected chi connectivity index (χ3v) is 2.06. The molecule has 1 amide bonds. The molecule has 0 heterocycles. The van der Waals surface area contributed by atoms with Crippen molar-refractivity contribution in [1.82, 2.24) is 0 Å². The van der Waals surface area contributed by atoms with Crippen LogP contribution in [0.2, 0.25) is 0 Å². The molecule has 3 nitrogen and oxygen atoms in total. The van der Waals surface area contributed by atoms with Gasteiger partial charge < -0.3 is 10.8 Å². The van der Waals surface area contributed by atoms with Gasteiger partial charge in [-0.05, 0) is 5.56 Å². The smallest absolute Gasteiger partial charge is 0.223 e. The second kappa shape index (κ2) is 4.05. The van der Waals surface area contributed by atoms with E-state index in [0.717, 1.165) is 0 Å². The van der Waals surface area contributed by atoms with Crippen molar-refractivity contribution < 1.29 is 9.90 Å². The third kappa shape index (κ3) is 2.29. The van der Waals surface area contributed by atoms with Crippen LogP contribution < -0.4 is 5.73 Å². The van der Waals surface area contributed by atoms with E-state index in [1.807, 2.05) is 18.2 Å². The lowest BCUT2D eigenvalue weighted by molar-refractivity contribution is -0.124. The number of carbonyl (C=O) groups excluding carboxylic acids is 1. The summed E-state index contributed by atoms with van der Waals surface area (Å²) < 4.78 is 0. The maximum Gasteiger partial charge on any atom is 0.223 e. The summed E-state index contributed by atoms with van der Waals surface area (Å²) in [5, 5.41) is 9.66. The summed E-state index contributed by atoms with van der Waals surface area (Å²) in [7, 11) is 0. The van der Waals surface area contributed by atoms with E-state index in [1.165, 1.54) is 0 Å². The molecule has 0 saturated carbocycles. The zero-order valence-electron chi connectivity index (χ0n) is 7.47. The SMILES string of the molecule is C[C@@H](C(N)=O)[C@H](O)c1ccccc1. The number of primary amides is 1. The maximum absolute atomic E-state index is 10.8. The van der Waals surface area contributed by atoms with Gasteiger partial charge in [0.05, 0.1) is 12.0 Å². The normalized spacial score (nSPS) is 14.9. The first-order valence-electron chi connectivity index (χ1n) is 4.15. The van der Waals surface area contributed by atoms with E-state index in [9.17, 15) is 9.90 Å². The van der Waals surface area contributed by atoms with Gasteiger partial charge in [0.1, 0.15) is 0 Å². The molecule has 1 rings (SSSR count). The highest BCUT2D eigenvalue weighted by molar-refractivity contribution is 5.77. The van der Waals surface area contributed by atoms with Gasteiger partial charge >= 0.3 is 0 Å². The fraction of sp³-hybridized carbons (Fsp3) is 0.300. The summed E-state index contributed by atoms with van der Waals surface area (Å²) in [6, 6.07) is 9.01. The number of amides is 1. The van der Waals surface area contributed by atoms with Crippen LogP contribution in [0, 0.1) is 5.92 Å². The number of aliphatic hydroxyl groups excluding tert-OH is 1. The molecule has 0 spiro atoms. The van der Waals surface area contributed by atoms with Crippen LogP contribution in [0.1, 0.15) is 18.6 Å². The predicted molar refractivity (Wildman–Crippen MR) is 49.8 cm³/mol. The molecule has 0 fully saturated rings. The Morgan fingerprint density at radius 3 is 2.38 bits per heavy atom. The van der Waals surface area contributed by atoms with E-state index < -0.39 is 17.9 Å². The van der Waals surface area contributed by atoms with Gasteiger partial charge in [-0.1, -0.05) is 37.3 Å². The molecule has 1 aromatic rings. The molecule has 0 unspecified atom stereocenters. The van der Waals surface area contributed by atoms with Gasteiger partial charge in [0.15, 0.2) is 0 Å². The lowest BCUT2D eigenvalue weighted by Crippen LogP contribution is -2.26. The highest BCUT2D eigenvalue weighted by Crippen LogP contribution is 2.20. The average molecular weight is 179 g/mol. The van der Waals surface area contributed by atoms with Crippen LogP contribution >= 0.6 is 0 Å². The molecule has 0 saturated heterocycles. The fourth-order valence-electron chi connectivity index (χ4n) is 1.09. The Morgan fingerprint density at radius 1 is 1.38 bits per heavy atom. The number of rotatable bonds is 3. The van der Waals surface area contributed by atoms with Gasteiger partial charge in [0.25, 0.3) is 0 Å². The van der Waals surface area contributed by atoms with Crippen molar-refractivity contribution in [2.24, 2.45) is 11.7 Å². The summed E-state index contributed by atoms with van der Waals surface area (Å²) in [5.74, 6) is -1.04. The fourth-order valence-corrected chi connectivity index (χ4v) is 1.09. The monoisotopic (exact) mass is 179 g/mol. The van der Waals surface area contributed by atoms with E-state index >= 15 is 0 Å². The van der Waals surface area contributed by atoms with Crippen molar-refractivity contribution in [2.45, 2.75) is 13.0 Å². The minimum absolute atomic E-state index is 0.489. The van der Waals surface area contributed by atoms with Crippen LogP contribution in [-0.2, 0) is 4.79 Å². The molecule has 0 aliphatic heterocycles. The molecule has 0 radical (unpaired) electrons. The molecule has 3 heteroatoms. The molecule has 3 N–H and O–H groups in total. The van der Waals surface area contributed by atoms with Gasteiger partial charge in [-0.15, -0.1) is 0 Å². The number of hydrogen-bond donors (Lipinski definition) is 2. The van der Waals surface area contributed by atoms with E-state index in [4.69, 9.17) is 5.73 Å². The summed E-state index contributed by atoms with van der Waals surface area (Å²) in [4.78, 5) is 10.8. The van der Waals surface area contributed by atoms with Gasteiger partial charge in [-0.2, -0.15) is 0 Å². The molecule has 0 aliphatic rings. The molecule has 13 heavy (non-hydrogen) atoms. The van der Waals surface area contributed by atoms with E-state index in [2.05, 4.69) is 0 Å². The zero-order chi connectivity index (χ0) is 9.84. The number of benzene rings is 1. The second-order valence-electron chi connectivity index (χ2n) is 3.05. The number of aliphatic hydroxyl groups is 1. The first-order valence-corrected chi connectivity index (χ1v) is 4.15. The van der Waals surface area contributed by atoms with E-state index in [-0.39, 0.29) is 0 Å². The summed E-state index contributed by atoms with van der Waals surface area (Å²) >= 11 is 0. The first-order chi connectivity index (χ1) is 6.13. The van der Waals surface area contributed by atoms with Crippen molar-refractivity contribution >= 4 is 5.91 Å². The van der Waals surface area contributed by atoms with Gasteiger partial charge in [-0.3, -0.25) is 4.79 Å². The van der Waals surface area contributed by atoms with Crippen LogP contribution in [-0.4, -0.2) is 11.0 Å². The van der Waals surface area contributed by atoms with Crippen LogP contribution in [0.25, 0.3) is 0 Å². The molecular formula is C10H13NO2. The van der Waals surface area contributed by atoms with Crippen LogP contribution in [0.4, 0.5) is 0 Å². The molecule has 0 bridgehead atoms. The minimum Gasteiger partial charge on any atom is -0.388 e. The molecule has 1 aromatic carbocycles. The summed E-state index contributed by atoms with van der Waals surface area (Å²) in [5.41, 5.74) is 5.79. The van der Waals surface area contributed by atoms with Gasteiger partial charge in [0, 0.05) is 0 Å².